The van der Waals surface area contributed by atoms with Crippen molar-refractivity contribution in [1.29, 1.82) is 0 Å². The minimum Gasteiger partial charge on any atom is -0.491 e. The Morgan fingerprint density at radius 3 is 2.47 bits per heavy atom. The molecule has 4 heteroatoms. The predicted octanol–water partition coefficient (Wildman–Crippen LogP) is 5.43. The molecule has 2 aromatic carbocycles. The van der Waals surface area contributed by atoms with E-state index in [9.17, 15) is 4.79 Å². The number of hydrogen-bond donors (Lipinski definition) is 1. The predicted molar refractivity (Wildman–Crippen MR) is 120 cm³/mol. The van der Waals surface area contributed by atoms with Crippen molar-refractivity contribution in [2.24, 2.45) is 0 Å². The lowest BCUT2D eigenvalue weighted by atomic mass is 9.83. The van der Waals surface area contributed by atoms with E-state index in [0.29, 0.717) is 23.7 Å². The van der Waals surface area contributed by atoms with Crippen LogP contribution in [-0.4, -0.2) is 30.9 Å². The summed E-state index contributed by atoms with van der Waals surface area (Å²) in [6.45, 7) is 5.76. The zero-order chi connectivity index (χ0) is 21.3. The van der Waals surface area contributed by atoms with E-state index in [4.69, 9.17) is 14.6 Å². The Morgan fingerprint density at radius 1 is 1.07 bits per heavy atom. The molecule has 0 atom stereocenters. The van der Waals surface area contributed by atoms with Crippen molar-refractivity contribution in [1.82, 2.24) is 0 Å². The number of hydrogen-bond acceptors (Lipinski definition) is 4. The Labute approximate surface area is 179 Å². The average Bonchev–Trinajstić information content (AvgIpc) is 2.78. The molecule has 1 aliphatic carbocycles. The second-order valence-corrected chi connectivity index (χ2v) is 8.01. The fraction of sp³-hybridized carbons (Fsp3) is 0.423. The largest absolute Gasteiger partial charge is 0.491 e. The highest BCUT2D eigenvalue weighted by atomic mass is 16.5. The third kappa shape index (κ3) is 5.96. The zero-order valence-electron chi connectivity index (χ0n) is 17.9. The molecule has 1 saturated carbocycles. The maximum Gasteiger partial charge on any atom is 0.333 e. The summed E-state index contributed by atoms with van der Waals surface area (Å²) in [5.41, 5.74) is 5.12. The van der Waals surface area contributed by atoms with E-state index in [-0.39, 0.29) is 25.8 Å². The summed E-state index contributed by atoms with van der Waals surface area (Å²) in [5, 5.41) is 9.03. The molecule has 0 heterocycles. The molecule has 0 aliphatic heterocycles. The number of carbonyl (C=O) groups excluding carboxylic acids is 1. The maximum atomic E-state index is 11.7. The van der Waals surface area contributed by atoms with E-state index in [1.807, 2.05) is 18.2 Å². The van der Waals surface area contributed by atoms with Gasteiger partial charge in [0.05, 0.1) is 13.2 Å². The van der Waals surface area contributed by atoms with E-state index >= 15 is 0 Å². The van der Waals surface area contributed by atoms with E-state index in [2.05, 4.69) is 30.8 Å². The lowest BCUT2D eigenvalue weighted by Gasteiger charge is -2.22. The van der Waals surface area contributed by atoms with Gasteiger partial charge in [-0.3, -0.25) is 0 Å². The maximum absolute atomic E-state index is 11.7. The highest BCUT2D eigenvalue weighted by molar-refractivity contribution is 5.86. The molecular weight excluding hydrogens is 376 g/mol. The van der Waals surface area contributed by atoms with E-state index in [1.54, 1.807) is 6.92 Å². The van der Waals surface area contributed by atoms with Gasteiger partial charge >= 0.3 is 5.97 Å². The monoisotopic (exact) mass is 408 g/mol. The normalized spacial score (nSPS) is 14.3. The zero-order valence-corrected chi connectivity index (χ0v) is 17.9. The van der Waals surface area contributed by atoms with Crippen LogP contribution in [0.1, 0.15) is 56.1 Å². The molecule has 0 aromatic heterocycles. The van der Waals surface area contributed by atoms with Crippen molar-refractivity contribution < 1.29 is 19.4 Å². The molecular formula is C26H32O4. The Kier molecular flexibility index (Phi) is 8.09. The van der Waals surface area contributed by atoms with Gasteiger partial charge in [-0.2, -0.15) is 0 Å². The second kappa shape index (κ2) is 11.0. The van der Waals surface area contributed by atoms with E-state index in [0.717, 1.165) is 16.7 Å². The van der Waals surface area contributed by atoms with Crippen LogP contribution in [0.2, 0.25) is 0 Å². The van der Waals surface area contributed by atoms with Crippen molar-refractivity contribution in [3.63, 3.8) is 0 Å². The Bertz CT molecular complexity index is 848. The Balaban J connectivity index is 1.79. The van der Waals surface area contributed by atoms with Crippen molar-refractivity contribution >= 4 is 5.97 Å². The number of rotatable bonds is 9. The van der Waals surface area contributed by atoms with Crippen LogP contribution in [0.4, 0.5) is 0 Å². The number of aliphatic hydroxyl groups excluding tert-OH is 1. The number of ether oxygens (including phenoxy) is 2. The number of aliphatic hydroxyl groups is 1. The second-order valence-electron chi connectivity index (χ2n) is 8.01. The van der Waals surface area contributed by atoms with Gasteiger partial charge in [0, 0.05) is 12.0 Å². The molecule has 3 rings (SSSR count). The quantitative estimate of drug-likeness (QED) is 0.444. The van der Waals surface area contributed by atoms with Crippen molar-refractivity contribution in [2.45, 2.75) is 51.4 Å². The summed E-state index contributed by atoms with van der Waals surface area (Å²) in [4.78, 5) is 11.7. The molecule has 0 bridgehead atoms. The summed E-state index contributed by atoms with van der Waals surface area (Å²) in [6, 6.07) is 14.8. The summed E-state index contributed by atoms with van der Waals surface area (Å²) in [7, 11) is 0. The van der Waals surface area contributed by atoms with Gasteiger partial charge in [0.2, 0.25) is 0 Å². The molecule has 0 spiro atoms. The third-order valence-electron chi connectivity index (χ3n) is 5.69. The molecule has 1 aliphatic rings. The fourth-order valence-electron chi connectivity index (χ4n) is 4.06. The molecule has 0 amide bonds. The van der Waals surface area contributed by atoms with Gasteiger partial charge in [0.15, 0.2) is 0 Å². The highest BCUT2D eigenvalue weighted by Crippen LogP contribution is 2.34. The van der Waals surface area contributed by atoms with Gasteiger partial charge in [-0.05, 0) is 60.1 Å². The van der Waals surface area contributed by atoms with Crippen molar-refractivity contribution in [3.05, 3.63) is 65.7 Å². The van der Waals surface area contributed by atoms with Crippen LogP contribution in [0.15, 0.2) is 54.6 Å². The van der Waals surface area contributed by atoms with Crippen LogP contribution in [0.5, 0.6) is 5.75 Å². The standard InChI is InChI=1S/C26H32O4/c1-19(2)26(28)30-16-14-23-18-24(29-17-15-27)12-13-25(23)22-10-8-21(9-11-22)20-6-4-3-5-7-20/h8-13,18,20,27H,1,3-7,14-17H2,2H3. The first kappa shape index (κ1) is 22.1. The SMILES string of the molecule is C=C(C)C(=O)OCCc1cc(OCCO)ccc1-c1ccc(C2CCCCC2)cc1. The Morgan fingerprint density at radius 2 is 1.80 bits per heavy atom. The summed E-state index contributed by atoms with van der Waals surface area (Å²) in [5.74, 6) is 1.01. The molecule has 0 unspecified atom stereocenters. The van der Waals surface area contributed by atoms with Gasteiger partial charge in [0.1, 0.15) is 12.4 Å². The van der Waals surface area contributed by atoms with Gasteiger partial charge in [0.25, 0.3) is 0 Å². The first-order valence-corrected chi connectivity index (χ1v) is 10.9. The first-order valence-electron chi connectivity index (χ1n) is 10.9. The van der Waals surface area contributed by atoms with Gasteiger partial charge in [-0.15, -0.1) is 0 Å². The Hall–Kier alpha value is -2.59. The van der Waals surface area contributed by atoms with Crippen LogP contribution in [0.3, 0.4) is 0 Å². The molecule has 0 radical (unpaired) electrons. The first-order chi connectivity index (χ1) is 14.6. The third-order valence-corrected chi connectivity index (χ3v) is 5.69. The minimum atomic E-state index is -0.374. The highest BCUT2D eigenvalue weighted by Gasteiger charge is 2.16. The van der Waals surface area contributed by atoms with Crippen LogP contribution in [0, 0.1) is 0 Å². The van der Waals surface area contributed by atoms with Gasteiger partial charge < -0.3 is 14.6 Å². The summed E-state index contributed by atoms with van der Waals surface area (Å²) < 4.78 is 10.9. The van der Waals surface area contributed by atoms with Crippen molar-refractivity contribution in [3.8, 4) is 16.9 Å². The summed E-state index contributed by atoms with van der Waals surface area (Å²) in [6.07, 6.45) is 7.17. The molecule has 4 nitrogen and oxygen atoms in total. The molecule has 1 fully saturated rings. The van der Waals surface area contributed by atoms with Gasteiger partial charge in [-0.25, -0.2) is 4.79 Å². The molecule has 2 aromatic rings. The fourth-order valence-corrected chi connectivity index (χ4v) is 4.06. The van der Waals surface area contributed by atoms with Crippen LogP contribution >= 0.6 is 0 Å². The molecule has 30 heavy (non-hydrogen) atoms. The number of esters is 1. The van der Waals surface area contributed by atoms with Crippen LogP contribution in [-0.2, 0) is 16.0 Å². The lowest BCUT2D eigenvalue weighted by molar-refractivity contribution is -0.138. The topological polar surface area (TPSA) is 55.8 Å². The minimum absolute atomic E-state index is 0.0318. The molecule has 0 saturated heterocycles. The number of carbonyl (C=O) groups is 1. The molecule has 1 N–H and O–H groups in total. The lowest BCUT2D eigenvalue weighted by Crippen LogP contribution is -2.09. The van der Waals surface area contributed by atoms with E-state index in [1.165, 1.54) is 37.7 Å². The average molecular weight is 409 g/mol. The molecule has 160 valence electrons. The van der Waals surface area contributed by atoms with E-state index < -0.39 is 0 Å². The number of benzene rings is 2. The van der Waals surface area contributed by atoms with Crippen LogP contribution < -0.4 is 4.74 Å². The van der Waals surface area contributed by atoms with Crippen molar-refractivity contribution in [2.75, 3.05) is 19.8 Å². The van der Waals surface area contributed by atoms with Crippen LogP contribution in [0.25, 0.3) is 11.1 Å². The van der Waals surface area contributed by atoms with Gasteiger partial charge in [-0.1, -0.05) is 56.2 Å². The smallest absolute Gasteiger partial charge is 0.333 e. The summed E-state index contributed by atoms with van der Waals surface area (Å²) >= 11 is 0.